The number of nitrogens with two attached hydrogens (primary N) is 1. The summed E-state index contributed by atoms with van der Waals surface area (Å²) in [6, 6.07) is 0.00524. The second kappa shape index (κ2) is 6.50. The van der Waals surface area contributed by atoms with Crippen LogP contribution in [0.2, 0.25) is 0 Å². The zero-order chi connectivity index (χ0) is 13.0. The topological polar surface area (TPSA) is 70.8 Å². The van der Waals surface area contributed by atoms with Crippen molar-refractivity contribution in [1.29, 1.82) is 0 Å². The van der Waals surface area contributed by atoms with Crippen molar-refractivity contribution in [1.82, 2.24) is 0 Å². The van der Waals surface area contributed by atoms with Crippen LogP contribution in [0.1, 0.15) is 19.3 Å². The molecule has 0 spiro atoms. The second-order valence-electron chi connectivity index (χ2n) is 5.21. The molecule has 2 aliphatic carbocycles. The standard InChI is InChI=1S/C13H23NO4/c1-16-4-5-17-6-7-18-13(15)11-9-2-3-10(8-9)12(11)14/h9-12H,2-8,14H2,1H3. The van der Waals surface area contributed by atoms with E-state index in [9.17, 15) is 4.79 Å². The van der Waals surface area contributed by atoms with Crippen molar-refractivity contribution in [3.63, 3.8) is 0 Å². The van der Waals surface area contributed by atoms with Gasteiger partial charge in [0, 0.05) is 13.2 Å². The Kier molecular flexibility index (Phi) is 4.97. The summed E-state index contributed by atoms with van der Waals surface area (Å²) in [5, 5.41) is 0. The van der Waals surface area contributed by atoms with Crippen molar-refractivity contribution in [3.8, 4) is 0 Å². The fourth-order valence-electron chi connectivity index (χ4n) is 3.23. The summed E-state index contributed by atoms with van der Waals surface area (Å²) in [6.07, 6.45) is 3.41. The minimum atomic E-state index is -0.134. The van der Waals surface area contributed by atoms with Crippen LogP contribution in [0.3, 0.4) is 0 Å². The summed E-state index contributed by atoms with van der Waals surface area (Å²) in [7, 11) is 1.62. The number of hydrogen-bond acceptors (Lipinski definition) is 5. The van der Waals surface area contributed by atoms with Gasteiger partial charge in [0.15, 0.2) is 0 Å². The summed E-state index contributed by atoms with van der Waals surface area (Å²) in [4.78, 5) is 12.0. The van der Waals surface area contributed by atoms with Crippen LogP contribution < -0.4 is 5.73 Å². The largest absolute Gasteiger partial charge is 0.463 e. The molecule has 0 aliphatic heterocycles. The molecule has 18 heavy (non-hydrogen) atoms. The van der Waals surface area contributed by atoms with E-state index in [1.807, 2.05) is 0 Å². The van der Waals surface area contributed by atoms with Crippen LogP contribution in [0, 0.1) is 17.8 Å². The van der Waals surface area contributed by atoms with E-state index in [-0.39, 0.29) is 17.9 Å². The van der Waals surface area contributed by atoms with Gasteiger partial charge in [-0.05, 0) is 31.1 Å². The SMILES string of the molecule is COCCOCCOC(=O)C1C2CCC(C2)C1N. The summed E-state index contributed by atoms with van der Waals surface area (Å²) in [5.74, 6) is 0.769. The Balaban J connectivity index is 1.63. The highest BCUT2D eigenvalue weighted by Gasteiger charge is 2.49. The van der Waals surface area contributed by atoms with Crippen LogP contribution in [0.15, 0.2) is 0 Å². The molecular formula is C13H23NO4. The van der Waals surface area contributed by atoms with Crippen LogP contribution in [0.25, 0.3) is 0 Å². The predicted molar refractivity (Wildman–Crippen MR) is 66.0 cm³/mol. The number of ether oxygens (including phenoxy) is 3. The van der Waals surface area contributed by atoms with Crippen LogP contribution >= 0.6 is 0 Å². The number of fused-ring (bicyclic) bond motifs is 2. The third kappa shape index (κ3) is 3.02. The van der Waals surface area contributed by atoms with Crippen molar-refractivity contribution >= 4 is 5.97 Å². The lowest BCUT2D eigenvalue weighted by atomic mass is 9.85. The highest BCUT2D eigenvalue weighted by atomic mass is 16.6. The minimum Gasteiger partial charge on any atom is -0.463 e. The third-order valence-electron chi connectivity index (χ3n) is 4.16. The van der Waals surface area contributed by atoms with Gasteiger partial charge >= 0.3 is 5.97 Å². The minimum absolute atomic E-state index is 0.00524. The number of hydrogen-bond donors (Lipinski definition) is 1. The Hall–Kier alpha value is -0.650. The normalized spacial score (nSPS) is 33.9. The van der Waals surface area contributed by atoms with Crippen LogP contribution in [-0.2, 0) is 19.0 Å². The van der Waals surface area contributed by atoms with Crippen molar-refractivity contribution in [2.75, 3.05) is 33.5 Å². The van der Waals surface area contributed by atoms with Gasteiger partial charge < -0.3 is 19.9 Å². The van der Waals surface area contributed by atoms with Gasteiger partial charge in [-0.2, -0.15) is 0 Å². The van der Waals surface area contributed by atoms with Crippen molar-refractivity contribution in [2.45, 2.75) is 25.3 Å². The first-order chi connectivity index (χ1) is 8.74. The van der Waals surface area contributed by atoms with E-state index in [4.69, 9.17) is 19.9 Å². The molecule has 0 heterocycles. The Morgan fingerprint density at radius 3 is 2.56 bits per heavy atom. The van der Waals surface area contributed by atoms with Gasteiger partial charge in [0.05, 0.1) is 25.7 Å². The van der Waals surface area contributed by atoms with Gasteiger partial charge in [-0.1, -0.05) is 0 Å². The average Bonchev–Trinajstić information content (AvgIpc) is 2.94. The summed E-state index contributed by atoms with van der Waals surface area (Å²) >= 11 is 0. The lowest BCUT2D eigenvalue weighted by Gasteiger charge is -2.26. The number of esters is 1. The van der Waals surface area contributed by atoms with Gasteiger partial charge in [0.1, 0.15) is 6.61 Å². The van der Waals surface area contributed by atoms with E-state index in [0.717, 1.165) is 12.8 Å². The van der Waals surface area contributed by atoms with E-state index in [0.29, 0.717) is 38.3 Å². The van der Waals surface area contributed by atoms with E-state index in [2.05, 4.69) is 0 Å². The molecule has 2 aliphatic rings. The van der Waals surface area contributed by atoms with Crippen LogP contribution in [0.4, 0.5) is 0 Å². The molecule has 104 valence electrons. The van der Waals surface area contributed by atoms with E-state index >= 15 is 0 Å². The molecule has 2 rings (SSSR count). The fraction of sp³-hybridized carbons (Fsp3) is 0.923. The monoisotopic (exact) mass is 257 g/mol. The average molecular weight is 257 g/mol. The Morgan fingerprint density at radius 2 is 1.89 bits per heavy atom. The van der Waals surface area contributed by atoms with Crippen LogP contribution in [-0.4, -0.2) is 45.5 Å². The maximum atomic E-state index is 12.0. The Morgan fingerprint density at radius 1 is 1.17 bits per heavy atom. The second-order valence-corrected chi connectivity index (χ2v) is 5.21. The van der Waals surface area contributed by atoms with Crippen LogP contribution in [0.5, 0.6) is 0 Å². The van der Waals surface area contributed by atoms with Gasteiger partial charge in [-0.3, -0.25) is 4.79 Å². The van der Waals surface area contributed by atoms with Gasteiger partial charge in [-0.25, -0.2) is 0 Å². The number of rotatable bonds is 7. The quantitative estimate of drug-likeness (QED) is 0.533. The van der Waals surface area contributed by atoms with Gasteiger partial charge in [0.2, 0.25) is 0 Å². The first-order valence-electron chi connectivity index (χ1n) is 6.73. The van der Waals surface area contributed by atoms with Gasteiger partial charge in [0.25, 0.3) is 0 Å². The molecular weight excluding hydrogens is 234 g/mol. The molecule has 2 saturated carbocycles. The van der Waals surface area contributed by atoms with Crippen molar-refractivity contribution in [2.24, 2.45) is 23.5 Å². The molecule has 0 radical (unpaired) electrons. The molecule has 0 aromatic carbocycles. The number of carbonyl (C=O) groups is 1. The molecule has 4 atom stereocenters. The van der Waals surface area contributed by atoms with Gasteiger partial charge in [-0.15, -0.1) is 0 Å². The molecule has 2 fully saturated rings. The Bertz CT molecular complexity index is 282. The Labute approximate surface area is 108 Å². The molecule has 0 aromatic heterocycles. The van der Waals surface area contributed by atoms with Crippen molar-refractivity contribution < 1.29 is 19.0 Å². The molecule has 4 unspecified atom stereocenters. The zero-order valence-electron chi connectivity index (χ0n) is 11.0. The number of methoxy groups -OCH3 is 1. The molecule has 5 nitrogen and oxygen atoms in total. The molecule has 2 bridgehead atoms. The zero-order valence-corrected chi connectivity index (χ0v) is 11.0. The lowest BCUT2D eigenvalue weighted by Crippen LogP contribution is -2.41. The maximum Gasteiger partial charge on any atom is 0.310 e. The first kappa shape index (κ1) is 13.8. The molecule has 0 amide bonds. The smallest absolute Gasteiger partial charge is 0.310 e. The summed E-state index contributed by atoms with van der Waals surface area (Å²) in [5.41, 5.74) is 6.09. The van der Waals surface area contributed by atoms with E-state index in [1.54, 1.807) is 7.11 Å². The molecule has 0 saturated heterocycles. The molecule has 0 aromatic rings. The summed E-state index contributed by atoms with van der Waals surface area (Å²) < 4.78 is 15.3. The summed E-state index contributed by atoms with van der Waals surface area (Å²) in [6.45, 7) is 1.82. The van der Waals surface area contributed by atoms with E-state index < -0.39 is 0 Å². The van der Waals surface area contributed by atoms with Crippen molar-refractivity contribution in [3.05, 3.63) is 0 Å². The maximum absolute atomic E-state index is 12.0. The molecule has 2 N–H and O–H groups in total. The highest BCUT2D eigenvalue weighted by Crippen LogP contribution is 2.47. The predicted octanol–water partition coefficient (Wildman–Crippen LogP) is 0.566. The first-order valence-corrected chi connectivity index (χ1v) is 6.73. The number of carbonyl (C=O) groups excluding carboxylic acids is 1. The highest BCUT2D eigenvalue weighted by molar-refractivity contribution is 5.74. The lowest BCUT2D eigenvalue weighted by molar-refractivity contribution is -0.152. The molecule has 5 heteroatoms. The fourth-order valence-corrected chi connectivity index (χ4v) is 3.23. The van der Waals surface area contributed by atoms with E-state index in [1.165, 1.54) is 6.42 Å². The third-order valence-corrected chi connectivity index (χ3v) is 4.16.